The third-order valence-electron chi connectivity index (χ3n) is 4.17. The van der Waals surface area contributed by atoms with Crippen molar-refractivity contribution in [3.63, 3.8) is 0 Å². The van der Waals surface area contributed by atoms with Gasteiger partial charge in [-0.3, -0.25) is 0 Å². The lowest BCUT2D eigenvalue weighted by molar-refractivity contribution is 0.369. The molecule has 0 aliphatic heterocycles. The maximum Gasteiger partial charge on any atom is 0.240 e. The highest BCUT2D eigenvalue weighted by Gasteiger charge is 2.28. The van der Waals surface area contributed by atoms with Gasteiger partial charge in [-0.15, -0.1) is 0 Å². The van der Waals surface area contributed by atoms with Gasteiger partial charge in [-0.25, -0.2) is 17.5 Å². The molecule has 1 aromatic rings. The number of sulfonamides is 1. The van der Waals surface area contributed by atoms with Gasteiger partial charge in [0.1, 0.15) is 5.82 Å². The number of aryl methyl sites for hydroxylation is 1. The predicted molar refractivity (Wildman–Crippen MR) is 80.9 cm³/mol. The van der Waals surface area contributed by atoms with Crippen LogP contribution in [0.15, 0.2) is 23.1 Å². The molecule has 0 amide bonds. The van der Waals surface area contributed by atoms with Crippen LogP contribution in [-0.4, -0.2) is 20.5 Å². The molecule has 1 fully saturated rings. The van der Waals surface area contributed by atoms with E-state index in [2.05, 4.69) is 4.72 Å². The SMILES string of the molecule is Cc1ccc(S(=O)(=O)NCC2(N)CCCCCC2)cc1F. The van der Waals surface area contributed by atoms with E-state index in [4.69, 9.17) is 5.73 Å². The van der Waals surface area contributed by atoms with Crippen molar-refractivity contribution in [2.45, 2.75) is 55.9 Å². The number of benzene rings is 1. The molecule has 0 atom stereocenters. The molecule has 0 heterocycles. The summed E-state index contributed by atoms with van der Waals surface area (Å²) in [5.41, 5.74) is 6.23. The lowest BCUT2D eigenvalue weighted by Gasteiger charge is -2.28. The van der Waals surface area contributed by atoms with Crippen molar-refractivity contribution in [3.05, 3.63) is 29.6 Å². The summed E-state index contributed by atoms with van der Waals surface area (Å²) in [5.74, 6) is -0.519. The topological polar surface area (TPSA) is 72.2 Å². The Morgan fingerprint density at radius 2 is 1.86 bits per heavy atom. The molecule has 21 heavy (non-hydrogen) atoms. The van der Waals surface area contributed by atoms with Gasteiger partial charge in [0.15, 0.2) is 0 Å². The Morgan fingerprint density at radius 3 is 2.43 bits per heavy atom. The van der Waals surface area contributed by atoms with E-state index >= 15 is 0 Å². The fraction of sp³-hybridized carbons (Fsp3) is 0.600. The highest BCUT2D eigenvalue weighted by molar-refractivity contribution is 7.89. The number of rotatable bonds is 4. The summed E-state index contributed by atoms with van der Waals surface area (Å²) in [7, 11) is -3.72. The molecule has 1 aromatic carbocycles. The molecule has 0 bridgehead atoms. The lowest BCUT2D eigenvalue weighted by Crippen LogP contribution is -2.49. The zero-order valence-corrected chi connectivity index (χ0v) is 13.2. The first-order chi connectivity index (χ1) is 9.82. The van der Waals surface area contributed by atoms with Gasteiger partial charge in [0.05, 0.1) is 4.90 Å². The second kappa shape index (κ2) is 6.42. The standard InChI is InChI=1S/C15H23FN2O2S/c1-12-6-7-13(10-14(12)16)21(19,20)18-11-15(17)8-4-2-3-5-9-15/h6-7,10,18H,2-5,8-9,11,17H2,1H3. The molecule has 1 aliphatic rings. The van der Waals surface area contributed by atoms with Crippen molar-refractivity contribution in [2.75, 3.05) is 6.54 Å². The molecule has 118 valence electrons. The summed E-state index contributed by atoms with van der Waals surface area (Å²) in [6.07, 6.45) is 5.98. The van der Waals surface area contributed by atoms with Crippen LogP contribution >= 0.6 is 0 Å². The number of hydrogen-bond donors (Lipinski definition) is 2. The molecule has 0 radical (unpaired) electrons. The van der Waals surface area contributed by atoms with Crippen molar-refractivity contribution in [3.8, 4) is 0 Å². The third-order valence-corrected chi connectivity index (χ3v) is 5.57. The average molecular weight is 314 g/mol. The van der Waals surface area contributed by atoms with Crippen molar-refractivity contribution in [1.29, 1.82) is 0 Å². The smallest absolute Gasteiger partial charge is 0.240 e. The van der Waals surface area contributed by atoms with Gasteiger partial charge in [0.2, 0.25) is 10.0 Å². The molecule has 4 nitrogen and oxygen atoms in total. The van der Waals surface area contributed by atoms with Crippen LogP contribution in [-0.2, 0) is 10.0 Å². The first-order valence-electron chi connectivity index (χ1n) is 7.37. The minimum absolute atomic E-state index is 0.0529. The zero-order chi connectivity index (χ0) is 15.5. The van der Waals surface area contributed by atoms with Crippen LogP contribution in [0.2, 0.25) is 0 Å². The fourth-order valence-electron chi connectivity index (χ4n) is 2.67. The summed E-state index contributed by atoms with van der Waals surface area (Å²) in [5, 5.41) is 0. The van der Waals surface area contributed by atoms with Crippen molar-refractivity contribution in [2.24, 2.45) is 5.73 Å². The van der Waals surface area contributed by atoms with Crippen LogP contribution in [0.3, 0.4) is 0 Å². The molecule has 0 aromatic heterocycles. The Labute approximate surface area is 126 Å². The molecular weight excluding hydrogens is 291 g/mol. The molecular formula is C15H23FN2O2S. The first kappa shape index (κ1) is 16.4. The number of nitrogens with two attached hydrogens (primary N) is 1. The molecule has 3 N–H and O–H groups in total. The summed E-state index contributed by atoms with van der Waals surface area (Å²) in [6, 6.07) is 3.93. The van der Waals surface area contributed by atoms with E-state index < -0.39 is 21.4 Å². The largest absolute Gasteiger partial charge is 0.324 e. The van der Waals surface area contributed by atoms with Crippen LogP contribution < -0.4 is 10.5 Å². The Hall–Kier alpha value is -0.980. The van der Waals surface area contributed by atoms with Crippen LogP contribution in [0.1, 0.15) is 44.1 Å². The van der Waals surface area contributed by atoms with E-state index in [-0.39, 0.29) is 11.4 Å². The van der Waals surface area contributed by atoms with Gasteiger partial charge in [-0.1, -0.05) is 31.7 Å². The summed E-state index contributed by atoms with van der Waals surface area (Å²) >= 11 is 0. The molecule has 0 saturated heterocycles. The minimum atomic E-state index is -3.72. The summed E-state index contributed by atoms with van der Waals surface area (Å²) < 4.78 is 40.5. The fourth-order valence-corrected chi connectivity index (χ4v) is 3.82. The minimum Gasteiger partial charge on any atom is -0.324 e. The van der Waals surface area contributed by atoms with E-state index in [1.165, 1.54) is 12.1 Å². The maximum absolute atomic E-state index is 13.5. The van der Waals surface area contributed by atoms with Crippen LogP contribution in [0.25, 0.3) is 0 Å². The van der Waals surface area contributed by atoms with E-state index in [0.717, 1.165) is 44.6 Å². The molecule has 1 aliphatic carbocycles. The van der Waals surface area contributed by atoms with E-state index in [0.29, 0.717) is 5.56 Å². The lowest BCUT2D eigenvalue weighted by atomic mass is 9.92. The average Bonchev–Trinajstić information content (AvgIpc) is 2.65. The second-order valence-corrected chi connectivity index (χ2v) is 7.78. The molecule has 1 saturated carbocycles. The first-order valence-corrected chi connectivity index (χ1v) is 8.85. The van der Waals surface area contributed by atoms with Gasteiger partial charge in [0, 0.05) is 12.1 Å². The predicted octanol–water partition coefficient (Wildman–Crippen LogP) is 2.46. The van der Waals surface area contributed by atoms with Crippen molar-refractivity contribution < 1.29 is 12.8 Å². The monoisotopic (exact) mass is 314 g/mol. The van der Waals surface area contributed by atoms with E-state index in [9.17, 15) is 12.8 Å². The molecule has 2 rings (SSSR count). The van der Waals surface area contributed by atoms with Gasteiger partial charge >= 0.3 is 0 Å². The van der Waals surface area contributed by atoms with Gasteiger partial charge in [-0.05, 0) is 37.5 Å². The quantitative estimate of drug-likeness (QED) is 0.839. The highest BCUT2D eigenvalue weighted by atomic mass is 32.2. The Kier molecular flexibility index (Phi) is 5.01. The van der Waals surface area contributed by atoms with Crippen molar-refractivity contribution >= 4 is 10.0 Å². The number of hydrogen-bond acceptors (Lipinski definition) is 3. The molecule has 6 heteroatoms. The summed E-state index contributed by atoms with van der Waals surface area (Å²) in [6.45, 7) is 1.80. The van der Waals surface area contributed by atoms with E-state index in [1.54, 1.807) is 6.92 Å². The summed E-state index contributed by atoms with van der Waals surface area (Å²) in [4.78, 5) is -0.0529. The van der Waals surface area contributed by atoms with Gasteiger partial charge in [0.25, 0.3) is 0 Å². The maximum atomic E-state index is 13.5. The van der Waals surface area contributed by atoms with Gasteiger partial charge in [-0.2, -0.15) is 0 Å². The third kappa shape index (κ3) is 4.25. The Morgan fingerprint density at radius 1 is 1.24 bits per heavy atom. The van der Waals surface area contributed by atoms with Crippen LogP contribution in [0, 0.1) is 12.7 Å². The van der Waals surface area contributed by atoms with Crippen molar-refractivity contribution in [1.82, 2.24) is 4.72 Å². The normalized spacial score (nSPS) is 19.2. The second-order valence-electron chi connectivity index (χ2n) is 6.01. The molecule has 0 unspecified atom stereocenters. The highest BCUT2D eigenvalue weighted by Crippen LogP contribution is 2.25. The number of nitrogens with one attached hydrogen (secondary N) is 1. The van der Waals surface area contributed by atoms with E-state index in [1.807, 2.05) is 0 Å². The Bertz CT molecular complexity index is 594. The number of halogens is 1. The zero-order valence-electron chi connectivity index (χ0n) is 12.4. The van der Waals surface area contributed by atoms with Crippen LogP contribution in [0.5, 0.6) is 0 Å². The van der Waals surface area contributed by atoms with Gasteiger partial charge < -0.3 is 5.73 Å². The Balaban J connectivity index is 2.08. The van der Waals surface area contributed by atoms with Crippen LogP contribution in [0.4, 0.5) is 4.39 Å². The molecule has 0 spiro atoms.